The predicted octanol–water partition coefficient (Wildman–Crippen LogP) is 3.49. The monoisotopic (exact) mass is 254 g/mol. The van der Waals surface area contributed by atoms with E-state index >= 15 is 0 Å². The fraction of sp³-hybridized carbons (Fsp3) is 0.545. The van der Waals surface area contributed by atoms with Gasteiger partial charge < -0.3 is 0 Å². The van der Waals surface area contributed by atoms with Crippen molar-refractivity contribution in [2.24, 2.45) is 0 Å². The maximum atomic E-state index is 4.37. The van der Waals surface area contributed by atoms with E-state index < -0.39 is 0 Å². The van der Waals surface area contributed by atoms with Gasteiger partial charge in [-0.25, -0.2) is 0 Å². The molecule has 0 bridgehead atoms. The van der Waals surface area contributed by atoms with Gasteiger partial charge in [-0.05, 0) is 42.6 Å². The zero-order valence-electron chi connectivity index (χ0n) is 8.63. The maximum absolute atomic E-state index is 4.37. The van der Waals surface area contributed by atoms with Crippen LogP contribution in [0.2, 0.25) is 0 Å². The maximum Gasteiger partial charge on any atom is 0.0635 e. The van der Waals surface area contributed by atoms with Crippen LogP contribution in [0, 0.1) is 0 Å². The summed E-state index contributed by atoms with van der Waals surface area (Å²) >= 11 is 3.56. The zero-order chi connectivity index (χ0) is 10.1. The molecule has 1 aromatic rings. The van der Waals surface area contributed by atoms with E-state index in [1.807, 2.05) is 6.20 Å². The lowest BCUT2D eigenvalue weighted by atomic mass is 10.3. The molecule has 0 aromatic carbocycles. The summed E-state index contributed by atoms with van der Waals surface area (Å²) in [6.07, 6.45) is 6.76. The van der Waals surface area contributed by atoms with Gasteiger partial charge >= 0.3 is 0 Å². The van der Waals surface area contributed by atoms with Crippen LogP contribution in [0.4, 0.5) is 0 Å². The molecule has 1 heterocycles. The number of halogens is 1. The molecule has 2 rings (SSSR count). The molecule has 3 heteroatoms. The topological polar surface area (TPSA) is 17.8 Å². The van der Waals surface area contributed by atoms with Crippen molar-refractivity contribution in [3.8, 4) is 0 Å². The number of rotatable bonds is 3. The molecule has 76 valence electrons. The van der Waals surface area contributed by atoms with Crippen molar-refractivity contribution in [3.63, 3.8) is 0 Å². The highest BCUT2D eigenvalue weighted by Crippen LogP contribution is 2.43. The smallest absolute Gasteiger partial charge is 0.0635 e. The molecule has 0 amide bonds. The van der Waals surface area contributed by atoms with E-state index in [1.165, 1.54) is 28.6 Å². The number of hydrogen-bond donors (Lipinski definition) is 0. The van der Waals surface area contributed by atoms with Crippen LogP contribution in [0.5, 0.6) is 0 Å². The Morgan fingerprint density at radius 1 is 1.64 bits per heavy atom. The summed E-state index contributed by atoms with van der Waals surface area (Å²) in [7, 11) is 0. The molecule has 0 unspecified atom stereocenters. The van der Waals surface area contributed by atoms with Gasteiger partial charge in [0.05, 0.1) is 22.9 Å². The van der Waals surface area contributed by atoms with Crippen LogP contribution < -0.4 is 0 Å². The molecule has 0 saturated heterocycles. The highest BCUT2D eigenvalue weighted by molar-refractivity contribution is 9.10. The summed E-state index contributed by atoms with van der Waals surface area (Å²) in [4.78, 5) is 0. The van der Waals surface area contributed by atoms with E-state index in [0.717, 1.165) is 12.5 Å². The van der Waals surface area contributed by atoms with Gasteiger partial charge in [0, 0.05) is 5.92 Å². The van der Waals surface area contributed by atoms with Crippen LogP contribution in [0.1, 0.15) is 38.3 Å². The van der Waals surface area contributed by atoms with Crippen molar-refractivity contribution in [1.82, 2.24) is 9.78 Å². The van der Waals surface area contributed by atoms with Crippen molar-refractivity contribution in [1.29, 1.82) is 0 Å². The Balaban J connectivity index is 2.20. The molecule has 1 aliphatic carbocycles. The van der Waals surface area contributed by atoms with Gasteiger partial charge in [0.1, 0.15) is 0 Å². The zero-order valence-corrected chi connectivity index (χ0v) is 10.2. The van der Waals surface area contributed by atoms with Gasteiger partial charge in [0.2, 0.25) is 0 Å². The van der Waals surface area contributed by atoms with Gasteiger partial charge in [-0.3, -0.25) is 4.68 Å². The van der Waals surface area contributed by atoms with E-state index in [1.54, 1.807) is 0 Å². The van der Waals surface area contributed by atoms with E-state index in [9.17, 15) is 0 Å². The Hall–Kier alpha value is -0.570. The average molecular weight is 255 g/mol. The lowest BCUT2D eigenvalue weighted by Gasteiger charge is -2.04. The minimum Gasteiger partial charge on any atom is -0.264 e. The normalized spacial score (nSPS) is 15.6. The van der Waals surface area contributed by atoms with Gasteiger partial charge in [-0.1, -0.05) is 11.6 Å². The first-order valence-corrected chi connectivity index (χ1v) is 5.82. The fourth-order valence-corrected chi connectivity index (χ4v) is 2.17. The van der Waals surface area contributed by atoms with E-state index in [-0.39, 0.29) is 0 Å². The lowest BCUT2D eigenvalue weighted by molar-refractivity contribution is 0.655. The molecule has 1 aliphatic rings. The average Bonchev–Trinajstić information content (AvgIpc) is 2.88. The van der Waals surface area contributed by atoms with Crippen molar-refractivity contribution in [2.45, 2.75) is 39.2 Å². The van der Waals surface area contributed by atoms with Crippen LogP contribution >= 0.6 is 15.9 Å². The van der Waals surface area contributed by atoms with Gasteiger partial charge in [-0.15, -0.1) is 0 Å². The van der Waals surface area contributed by atoms with E-state index in [0.29, 0.717) is 0 Å². The third kappa shape index (κ3) is 2.08. The van der Waals surface area contributed by atoms with Crippen molar-refractivity contribution in [2.75, 3.05) is 0 Å². The molecule has 0 N–H and O–H groups in total. The molecule has 0 aliphatic heterocycles. The first kappa shape index (κ1) is 9.97. The summed E-state index contributed by atoms with van der Waals surface area (Å²) in [6, 6.07) is 0. The quantitative estimate of drug-likeness (QED) is 0.756. The Bertz CT molecular complexity index is 357. The molecule has 0 atom stereocenters. The van der Waals surface area contributed by atoms with E-state index in [4.69, 9.17) is 0 Å². The Kier molecular flexibility index (Phi) is 2.77. The Labute approximate surface area is 93.1 Å². The second-order valence-electron chi connectivity index (χ2n) is 4.12. The van der Waals surface area contributed by atoms with Crippen LogP contribution in [-0.2, 0) is 6.54 Å². The van der Waals surface area contributed by atoms with E-state index in [2.05, 4.69) is 45.6 Å². The Morgan fingerprint density at radius 3 is 2.93 bits per heavy atom. The summed E-state index contributed by atoms with van der Waals surface area (Å²) in [5.74, 6) is 0.748. The molecule has 1 saturated carbocycles. The summed E-state index contributed by atoms with van der Waals surface area (Å²) in [5.41, 5.74) is 2.72. The summed E-state index contributed by atoms with van der Waals surface area (Å²) < 4.78 is 3.27. The van der Waals surface area contributed by atoms with Crippen molar-refractivity contribution >= 4 is 15.9 Å². The second kappa shape index (κ2) is 3.89. The van der Waals surface area contributed by atoms with Crippen molar-refractivity contribution < 1.29 is 0 Å². The van der Waals surface area contributed by atoms with Crippen LogP contribution in [0.3, 0.4) is 0 Å². The van der Waals surface area contributed by atoms with Crippen LogP contribution in [0.15, 0.2) is 22.3 Å². The third-order valence-corrected chi connectivity index (χ3v) is 3.08. The molecule has 14 heavy (non-hydrogen) atoms. The van der Waals surface area contributed by atoms with Gasteiger partial charge in [0.25, 0.3) is 0 Å². The third-order valence-electron chi connectivity index (χ3n) is 2.47. The molecule has 0 radical (unpaired) electrons. The second-order valence-corrected chi connectivity index (χ2v) is 4.97. The number of nitrogens with zero attached hydrogens (tertiary/aromatic N) is 2. The van der Waals surface area contributed by atoms with Gasteiger partial charge in [0.15, 0.2) is 0 Å². The highest BCUT2D eigenvalue weighted by atomic mass is 79.9. The largest absolute Gasteiger partial charge is 0.264 e. The SMILES string of the molecule is CC(C)=CCn1ncc(Br)c1C1CC1. The molecule has 1 aromatic heterocycles. The number of hydrogen-bond acceptors (Lipinski definition) is 1. The van der Waals surface area contributed by atoms with Crippen LogP contribution in [0.25, 0.3) is 0 Å². The molecule has 2 nitrogen and oxygen atoms in total. The number of allylic oxidation sites excluding steroid dienone is 2. The minimum atomic E-state index is 0.748. The highest BCUT2D eigenvalue weighted by Gasteiger charge is 2.29. The van der Waals surface area contributed by atoms with Crippen molar-refractivity contribution in [3.05, 3.63) is 28.0 Å². The molecule has 0 spiro atoms. The minimum absolute atomic E-state index is 0.748. The van der Waals surface area contributed by atoms with Crippen LogP contribution in [-0.4, -0.2) is 9.78 Å². The lowest BCUT2D eigenvalue weighted by Crippen LogP contribution is -2.02. The fourth-order valence-electron chi connectivity index (χ4n) is 1.55. The van der Waals surface area contributed by atoms with Gasteiger partial charge in [-0.2, -0.15) is 5.10 Å². The summed E-state index contributed by atoms with van der Waals surface area (Å²) in [6.45, 7) is 5.14. The first-order chi connectivity index (χ1) is 6.68. The first-order valence-electron chi connectivity index (χ1n) is 5.03. The summed E-state index contributed by atoms with van der Waals surface area (Å²) in [5, 5.41) is 4.37. The Morgan fingerprint density at radius 2 is 2.36 bits per heavy atom. The molecular weight excluding hydrogens is 240 g/mol. The standard InChI is InChI=1S/C11H15BrN2/c1-8(2)5-6-14-11(9-3-4-9)10(12)7-13-14/h5,7,9H,3-4,6H2,1-2H3. The molecular formula is C11H15BrN2. The number of aromatic nitrogens is 2. The predicted molar refractivity (Wildman–Crippen MR) is 61.3 cm³/mol. The molecule has 1 fully saturated rings.